The van der Waals surface area contributed by atoms with Crippen LogP contribution in [0.15, 0.2) is 24.3 Å². The van der Waals surface area contributed by atoms with E-state index in [4.69, 9.17) is 5.73 Å². The van der Waals surface area contributed by atoms with Crippen molar-refractivity contribution in [2.45, 2.75) is 33.7 Å². The predicted octanol–water partition coefficient (Wildman–Crippen LogP) is 3.11. The zero-order chi connectivity index (χ0) is 12.3. The van der Waals surface area contributed by atoms with Gasteiger partial charge in [-0.1, -0.05) is 32.9 Å². The van der Waals surface area contributed by atoms with Crippen molar-refractivity contribution >= 4 is 24.0 Å². The van der Waals surface area contributed by atoms with Crippen molar-refractivity contribution in [1.82, 2.24) is 0 Å². The lowest BCUT2D eigenvalue weighted by Crippen LogP contribution is -2.26. The van der Waals surface area contributed by atoms with Crippen LogP contribution in [-0.2, 0) is 4.79 Å². The Bertz CT molecular complexity index is 368. The molecular formula is C13H21ClN2O. The van der Waals surface area contributed by atoms with Crippen molar-refractivity contribution in [2.24, 2.45) is 11.1 Å². The molecule has 1 aromatic rings. The lowest BCUT2D eigenvalue weighted by molar-refractivity contribution is -0.114. The lowest BCUT2D eigenvalue weighted by Gasteiger charge is -2.27. The Morgan fingerprint density at radius 3 is 2.06 bits per heavy atom. The maximum Gasteiger partial charge on any atom is 0.221 e. The minimum Gasteiger partial charge on any atom is -0.326 e. The topological polar surface area (TPSA) is 55.1 Å². The van der Waals surface area contributed by atoms with Crippen LogP contribution in [0.4, 0.5) is 5.69 Å². The zero-order valence-corrected chi connectivity index (χ0v) is 11.6. The molecule has 0 spiro atoms. The molecule has 0 aliphatic heterocycles. The first-order valence-corrected chi connectivity index (χ1v) is 5.44. The molecule has 0 bridgehead atoms. The zero-order valence-electron chi connectivity index (χ0n) is 10.8. The van der Waals surface area contributed by atoms with Crippen molar-refractivity contribution in [1.29, 1.82) is 0 Å². The SMILES string of the molecule is CC(=O)Nc1ccc([C@@H](N)C(C)(C)C)cc1.Cl. The molecule has 1 rings (SSSR count). The highest BCUT2D eigenvalue weighted by Gasteiger charge is 2.21. The summed E-state index contributed by atoms with van der Waals surface area (Å²) in [7, 11) is 0. The monoisotopic (exact) mass is 256 g/mol. The van der Waals surface area contributed by atoms with Gasteiger partial charge in [0.15, 0.2) is 0 Å². The van der Waals surface area contributed by atoms with Crippen molar-refractivity contribution in [3.05, 3.63) is 29.8 Å². The number of hydrogen-bond donors (Lipinski definition) is 2. The molecule has 0 aromatic heterocycles. The second-order valence-corrected chi connectivity index (χ2v) is 5.15. The van der Waals surface area contributed by atoms with Crippen LogP contribution >= 0.6 is 12.4 Å². The van der Waals surface area contributed by atoms with E-state index in [9.17, 15) is 4.79 Å². The van der Waals surface area contributed by atoms with E-state index in [-0.39, 0.29) is 29.8 Å². The van der Waals surface area contributed by atoms with Gasteiger partial charge in [-0.25, -0.2) is 0 Å². The van der Waals surface area contributed by atoms with Gasteiger partial charge in [-0.3, -0.25) is 4.79 Å². The third-order valence-electron chi connectivity index (χ3n) is 2.52. The molecular weight excluding hydrogens is 236 g/mol. The Kier molecular flexibility index (Phi) is 5.66. The maximum atomic E-state index is 10.9. The molecule has 1 amide bonds. The number of halogens is 1. The maximum absolute atomic E-state index is 10.9. The summed E-state index contributed by atoms with van der Waals surface area (Å²) in [6.45, 7) is 7.83. The Morgan fingerprint density at radius 2 is 1.71 bits per heavy atom. The van der Waals surface area contributed by atoms with E-state index in [2.05, 4.69) is 26.1 Å². The number of hydrogen-bond acceptors (Lipinski definition) is 2. The summed E-state index contributed by atoms with van der Waals surface area (Å²) < 4.78 is 0. The number of carbonyl (C=O) groups is 1. The smallest absolute Gasteiger partial charge is 0.221 e. The van der Waals surface area contributed by atoms with Crippen LogP contribution in [0.3, 0.4) is 0 Å². The first-order valence-electron chi connectivity index (χ1n) is 5.44. The van der Waals surface area contributed by atoms with Gasteiger partial charge in [0.25, 0.3) is 0 Å². The Morgan fingerprint density at radius 1 is 1.24 bits per heavy atom. The normalized spacial score (nSPS) is 12.5. The number of amides is 1. The van der Waals surface area contributed by atoms with Crippen LogP contribution in [0, 0.1) is 5.41 Å². The molecule has 0 heterocycles. The Labute approximate surface area is 109 Å². The highest BCUT2D eigenvalue weighted by Crippen LogP contribution is 2.30. The first kappa shape index (κ1) is 15.9. The van der Waals surface area contributed by atoms with Crippen molar-refractivity contribution in [2.75, 3.05) is 5.32 Å². The van der Waals surface area contributed by atoms with Gasteiger partial charge in [-0.2, -0.15) is 0 Å². The summed E-state index contributed by atoms with van der Waals surface area (Å²) in [5.74, 6) is -0.0622. The standard InChI is InChI=1S/C13H20N2O.ClH/c1-9(16)15-11-7-5-10(6-8-11)12(14)13(2,3)4;/h5-8,12H,14H2,1-4H3,(H,15,16);1H/t12-;/m1./s1. The molecule has 0 fully saturated rings. The third-order valence-corrected chi connectivity index (χ3v) is 2.52. The van der Waals surface area contributed by atoms with Gasteiger partial charge in [0.2, 0.25) is 5.91 Å². The van der Waals surface area contributed by atoms with Crippen molar-refractivity contribution < 1.29 is 4.79 Å². The second-order valence-electron chi connectivity index (χ2n) is 5.15. The molecule has 1 aromatic carbocycles. The van der Waals surface area contributed by atoms with Crippen LogP contribution in [0.2, 0.25) is 0 Å². The fraction of sp³-hybridized carbons (Fsp3) is 0.462. The fourth-order valence-electron chi connectivity index (χ4n) is 1.48. The average molecular weight is 257 g/mol. The predicted molar refractivity (Wildman–Crippen MR) is 74.4 cm³/mol. The van der Waals surface area contributed by atoms with E-state index in [0.717, 1.165) is 11.3 Å². The molecule has 4 heteroatoms. The summed E-state index contributed by atoms with van der Waals surface area (Å²) in [6.07, 6.45) is 0. The van der Waals surface area contributed by atoms with E-state index < -0.39 is 0 Å². The molecule has 0 saturated heterocycles. The number of nitrogens with two attached hydrogens (primary N) is 1. The third kappa shape index (κ3) is 4.75. The van der Waals surface area contributed by atoms with Gasteiger partial charge in [0, 0.05) is 18.7 Å². The van der Waals surface area contributed by atoms with Crippen LogP contribution in [-0.4, -0.2) is 5.91 Å². The van der Waals surface area contributed by atoms with Gasteiger partial charge in [-0.15, -0.1) is 12.4 Å². The average Bonchev–Trinajstić information content (AvgIpc) is 2.15. The van der Waals surface area contributed by atoms with E-state index in [1.54, 1.807) is 0 Å². The van der Waals surface area contributed by atoms with E-state index >= 15 is 0 Å². The second kappa shape index (κ2) is 6.03. The van der Waals surface area contributed by atoms with E-state index in [1.165, 1.54) is 6.92 Å². The van der Waals surface area contributed by atoms with Gasteiger partial charge in [0.1, 0.15) is 0 Å². The molecule has 0 radical (unpaired) electrons. The summed E-state index contributed by atoms with van der Waals surface area (Å²) >= 11 is 0. The van der Waals surface area contributed by atoms with Crippen molar-refractivity contribution in [3.8, 4) is 0 Å². The molecule has 1 atom stereocenters. The molecule has 3 nitrogen and oxygen atoms in total. The van der Waals surface area contributed by atoms with Crippen LogP contribution in [0.5, 0.6) is 0 Å². The molecule has 17 heavy (non-hydrogen) atoms. The molecule has 0 unspecified atom stereocenters. The Hall–Kier alpha value is -1.06. The summed E-state index contributed by atoms with van der Waals surface area (Å²) in [6, 6.07) is 7.67. The number of benzene rings is 1. The van der Waals surface area contributed by atoms with Crippen LogP contribution in [0.1, 0.15) is 39.3 Å². The molecule has 0 aliphatic carbocycles. The van der Waals surface area contributed by atoms with Gasteiger partial charge < -0.3 is 11.1 Å². The molecule has 0 aliphatic rings. The molecule has 0 saturated carbocycles. The van der Waals surface area contributed by atoms with Gasteiger partial charge in [0.05, 0.1) is 0 Å². The number of anilines is 1. The lowest BCUT2D eigenvalue weighted by atomic mass is 9.83. The largest absolute Gasteiger partial charge is 0.326 e. The minimum absolute atomic E-state index is 0. The van der Waals surface area contributed by atoms with Crippen LogP contribution in [0.25, 0.3) is 0 Å². The summed E-state index contributed by atoms with van der Waals surface area (Å²) in [5.41, 5.74) is 8.06. The Balaban J connectivity index is 0.00000256. The number of nitrogens with one attached hydrogen (secondary N) is 1. The van der Waals surface area contributed by atoms with Gasteiger partial charge in [-0.05, 0) is 23.1 Å². The van der Waals surface area contributed by atoms with Crippen LogP contribution < -0.4 is 11.1 Å². The summed E-state index contributed by atoms with van der Waals surface area (Å²) in [4.78, 5) is 10.9. The highest BCUT2D eigenvalue weighted by molar-refractivity contribution is 5.88. The van der Waals surface area contributed by atoms with Crippen molar-refractivity contribution in [3.63, 3.8) is 0 Å². The summed E-state index contributed by atoms with van der Waals surface area (Å²) in [5, 5.41) is 2.73. The molecule has 3 N–H and O–H groups in total. The number of rotatable bonds is 2. The van der Waals surface area contributed by atoms with E-state index in [1.807, 2.05) is 24.3 Å². The first-order chi connectivity index (χ1) is 7.30. The molecule has 96 valence electrons. The fourth-order valence-corrected chi connectivity index (χ4v) is 1.48. The van der Waals surface area contributed by atoms with E-state index in [0.29, 0.717) is 0 Å². The highest BCUT2D eigenvalue weighted by atomic mass is 35.5. The quantitative estimate of drug-likeness (QED) is 0.854. The minimum atomic E-state index is -0.0622. The number of carbonyl (C=O) groups excluding carboxylic acids is 1. The van der Waals surface area contributed by atoms with Gasteiger partial charge >= 0.3 is 0 Å².